The largest absolute Gasteiger partial charge is 0.340 e. The van der Waals surface area contributed by atoms with Crippen molar-refractivity contribution in [2.75, 3.05) is 31.5 Å². The van der Waals surface area contributed by atoms with Crippen molar-refractivity contribution in [2.24, 2.45) is 0 Å². The molecular formula is C23H27FN4O2. The molecule has 1 aromatic carbocycles. The van der Waals surface area contributed by atoms with E-state index < -0.39 is 0 Å². The summed E-state index contributed by atoms with van der Waals surface area (Å²) in [4.78, 5) is 32.1. The third-order valence-electron chi connectivity index (χ3n) is 5.20. The standard InChI is InChI=1S/C23H27FN4O2/c1-4-5-18-10-20(12-21(24)11-18)19-6-7-22(25-13-19)26-23(30)15-27-8-9-28(17(3)29)14-16(27)2/h4-7,10-13,16H,8-9,14-15H2,1-3H3,(H,25,26,30). The highest BCUT2D eigenvalue weighted by Crippen LogP contribution is 2.23. The highest BCUT2D eigenvalue weighted by Gasteiger charge is 2.26. The molecule has 0 saturated carbocycles. The lowest BCUT2D eigenvalue weighted by atomic mass is 10.0. The fourth-order valence-electron chi connectivity index (χ4n) is 3.59. The molecule has 7 heteroatoms. The third-order valence-corrected chi connectivity index (χ3v) is 5.20. The lowest BCUT2D eigenvalue weighted by Crippen LogP contribution is -2.54. The predicted molar refractivity (Wildman–Crippen MR) is 116 cm³/mol. The zero-order valence-electron chi connectivity index (χ0n) is 17.6. The van der Waals surface area contributed by atoms with E-state index in [2.05, 4.69) is 15.2 Å². The van der Waals surface area contributed by atoms with Crippen molar-refractivity contribution in [3.05, 3.63) is 54.0 Å². The van der Waals surface area contributed by atoms with Gasteiger partial charge in [0.1, 0.15) is 11.6 Å². The summed E-state index contributed by atoms with van der Waals surface area (Å²) in [5, 5.41) is 2.81. The molecule has 1 fully saturated rings. The topological polar surface area (TPSA) is 65.5 Å². The number of hydrogen-bond donors (Lipinski definition) is 1. The maximum Gasteiger partial charge on any atom is 0.239 e. The number of aromatic nitrogens is 1. The molecule has 0 spiro atoms. The number of anilines is 1. The van der Waals surface area contributed by atoms with Crippen LogP contribution in [0.25, 0.3) is 17.2 Å². The molecule has 1 aromatic heterocycles. The Morgan fingerprint density at radius 3 is 2.67 bits per heavy atom. The van der Waals surface area contributed by atoms with Crippen LogP contribution < -0.4 is 5.32 Å². The number of amides is 2. The molecule has 6 nitrogen and oxygen atoms in total. The molecule has 0 bridgehead atoms. The van der Waals surface area contributed by atoms with Gasteiger partial charge in [0, 0.05) is 44.4 Å². The second-order valence-corrected chi connectivity index (χ2v) is 7.54. The Kier molecular flexibility index (Phi) is 6.95. The number of hydrogen-bond acceptors (Lipinski definition) is 4. The molecule has 1 N–H and O–H groups in total. The van der Waals surface area contributed by atoms with Crippen molar-refractivity contribution in [1.29, 1.82) is 0 Å². The summed E-state index contributed by atoms with van der Waals surface area (Å²) in [6.45, 7) is 7.61. The number of nitrogens with one attached hydrogen (secondary N) is 1. The van der Waals surface area contributed by atoms with E-state index in [1.165, 1.54) is 12.1 Å². The van der Waals surface area contributed by atoms with E-state index in [4.69, 9.17) is 0 Å². The van der Waals surface area contributed by atoms with E-state index in [0.29, 0.717) is 25.5 Å². The van der Waals surface area contributed by atoms with Crippen LogP contribution >= 0.6 is 0 Å². The molecule has 158 valence electrons. The summed E-state index contributed by atoms with van der Waals surface area (Å²) in [5.74, 6) is 0.0479. The molecule has 1 aliphatic rings. The van der Waals surface area contributed by atoms with Crippen molar-refractivity contribution in [3.63, 3.8) is 0 Å². The van der Waals surface area contributed by atoms with E-state index >= 15 is 0 Å². The zero-order chi connectivity index (χ0) is 21.7. The Morgan fingerprint density at radius 1 is 1.23 bits per heavy atom. The molecule has 0 radical (unpaired) electrons. The first-order valence-electron chi connectivity index (χ1n) is 10.0. The Labute approximate surface area is 176 Å². The first-order chi connectivity index (χ1) is 14.4. The summed E-state index contributed by atoms with van der Waals surface area (Å²) < 4.78 is 13.9. The molecule has 2 heterocycles. The van der Waals surface area contributed by atoms with E-state index in [1.807, 2.05) is 38.1 Å². The number of carbonyl (C=O) groups is 2. The Morgan fingerprint density at radius 2 is 2.03 bits per heavy atom. The summed E-state index contributed by atoms with van der Waals surface area (Å²) in [5.41, 5.74) is 2.28. The van der Waals surface area contributed by atoms with Crippen molar-refractivity contribution in [1.82, 2.24) is 14.8 Å². The zero-order valence-corrected chi connectivity index (χ0v) is 17.6. The van der Waals surface area contributed by atoms with Gasteiger partial charge in [0.15, 0.2) is 0 Å². The number of carbonyl (C=O) groups excluding carboxylic acids is 2. The number of rotatable bonds is 5. The predicted octanol–water partition coefficient (Wildman–Crippen LogP) is 3.41. The van der Waals surface area contributed by atoms with Gasteiger partial charge < -0.3 is 10.2 Å². The van der Waals surface area contributed by atoms with Gasteiger partial charge in [-0.3, -0.25) is 14.5 Å². The van der Waals surface area contributed by atoms with Gasteiger partial charge in [-0.25, -0.2) is 9.37 Å². The molecule has 2 aromatic rings. The molecule has 30 heavy (non-hydrogen) atoms. The van der Waals surface area contributed by atoms with Crippen molar-refractivity contribution in [2.45, 2.75) is 26.8 Å². The number of benzene rings is 1. The van der Waals surface area contributed by atoms with Crippen LogP contribution in [0.3, 0.4) is 0 Å². The Bertz CT molecular complexity index is 943. The lowest BCUT2D eigenvalue weighted by Gasteiger charge is -2.39. The minimum Gasteiger partial charge on any atom is -0.340 e. The number of pyridine rings is 1. The molecule has 0 aliphatic carbocycles. The first kappa shape index (κ1) is 21.6. The van der Waals surface area contributed by atoms with Gasteiger partial charge in [-0.15, -0.1) is 0 Å². The average molecular weight is 410 g/mol. The fourth-order valence-corrected chi connectivity index (χ4v) is 3.59. The highest BCUT2D eigenvalue weighted by molar-refractivity contribution is 5.91. The van der Waals surface area contributed by atoms with Gasteiger partial charge in [-0.05, 0) is 55.3 Å². The van der Waals surface area contributed by atoms with Crippen LogP contribution in [0.2, 0.25) is 0 Å². The molecule has 1 aliphatic heterocycles. The minimum absolute atomic E-state index is 0.0615. The van der Waals surface area contributed by atoms with Gasteiger partial charge in [-0.1, -0.05) is 12.2 Å². The van der Waals surface area contributed by atoms with Crippen LogP contribution in [0.4, 0.5) is 10.2 Å². The molecule has 1 unspecified atom stereocenters. The monoisotopic (exact) mass is 410 g/mol. The Hall–Kier alpha value is -3.06. The molecular weight excluding hydrogens is 383 g/mol. The minimum atomic E-state index is -0.308. The van der Waals surface area contributed by atoms with Crippen LogP contribution in [0, 0.1) is 5.82 Å². The van der Waals surface area contributed by atoms with E-state index in [1.54, 1.807) is 24.1 Å². The van der Waals surface area contributed by atoms with Crippen molar-refractivity contribution >= 4 is 23.7 Å². The van der Waals surface area contributed by atoms with Crippen LogP contribution in [0.15, 0.2) is 42.6 Å². The molecule has 2 amide bonds. The second-order valence-electron chi connectivity index (χ2n) is 7.54. The quantitative estimate of drug-likeness (QED) is 0.820. The number of nitrogens with zero attached hydrogens (tertiary/aromatic N) is 3. The number of allylic oxidation sites excluding steroid dienone is 1. The van der Waals surface area contributed by atoms with E-state index in [9.17, 15) is 14.0 Å². The molecule has 3 rings (SSSR count). The summed E-state index contributed by atoms with van der Waals surface area (Å²) in [7, 11) is 0. The van der Waals surface area contributed by atoms with Gasteiger partial charge in [0.05, 0.1) is 6.54 Å². The van der Waals surface area contributed by atoms with Gasteiger partial charge in [0.2, 0.25) is 11.8 Å². The van der Waals surface area contributed by atoms with Crippen molar-refractivity contribution in [3.8, 4) is 11.1 Å². The lowest BCUT2D eigenvalue weighted by molar-refractivity contribution is -0.132. The first-order valence-corrected chi connectivity index (χ1v) is 10.0. The maximum absolute atomic E-state index is 13.9. The SMILES string of the molecule is CC=Cc1cc(F)cc(-c2ccc(NC(=O)CN3CCN(C(C)=O)CC3C)nc2)c1. The second kappa shape index (κ2) is 9.63. The van der Waals surface area contributed by atoms with E-state index in [0.717, 1.165) is 16.7 Å². The summed E-state index contributed by atoms with van der Waals surface area (Å²) >= 11 is 0. The van der Waals surface area contributed by atoms with Crippen molar-refractivity contribution < 1.29 is 14.0 Å². The highest BCUT2D eigenvalue weighted by atomic mass is 19.1. The van der Waals surface area contributed by atoms with Crippen LogP contribution in [0.5, 0.6) is 0 Å². The van der Waals surface area contributed by atoms with E-state index in [-0.39, 0.29) is 30.2 Å². The van der Waals surface area contributed by atoms with Crippen LogP contribution in [-0.2, 0) is 9.59 Å². The molecule has 1 saturated heterocycles. The summed E-state index contributed by atoms with van der Waals surface area (Å²) in [6.07, 6.45) is 5.32. The third kappa shape index (κ3) is 5.51. The normalized spacial score (nSPS) is 17.3. The Balaban J connectivity index is 1.61. The average Bonchev–Trinajstić information content (AvgIpc) is 2.69. The van der Waals surface area contributed by atoms with Crippen LogP contribution in [-0.4, -0.2) is 58.8 Å². The van der Waals surface area contributed by atoms with Crippen LogP contribution in [0.1, 0.15) is 26.3 Å². The maximum atomic E-state index is 13.9. The summed E-state index contributed by atoms with van der Waals surface area (Å²) in [6, 6.07) is 8.46. The number of piperazine rings is 1. The molecule has 1 atom stereocenters. The number of halogens is 1. The van der Waals surface area contributed by atoms with Gasteiger partial charge >= 0.3 is 0 Å². The van der Waals surface area contributed by atoms with Gasteiger partial charge in [-0.2, -0.15) is 0 Å². The van der Waals surface area contributed by atoms with Gasteiger partial charge in [0.25, 0.3) is 0 Å². The fraction of sp³-hybridized carbons (Fsp3) is 0.348. The smallest absolute Gasteiger partial charge is 0.239 e.